The van der Waals surface area contributed by atoms with Gasteiger partial charge in [-0.25, -0.2) is 0 Å². The van der Waals surface area contributed by atoms with Crippen molar-refractivity contribution >= 4 is 23.0 Å². The minimum Gasteiger partial charge on any atom is -0.258 e. The molecule has 0 bridgehead atoms. The third kappa shape index (κ3) is 1.93. The van der Waals surface area contributed by atoms with E-state index in [-0.39, 0.29) is 16.4 Å². The van der Waals surface area contributed by atoms with Crippen LogP contribution in [0.4, 0.5) is 11.4 Å². The maximum atomic E-state index is 10.6. The molecule has 1 aromatic rings. The SMILES string of the molecule is Cc1cc(Cl)cc([N+](=O)[O-])c1N=[N+]=[N-]. The molecule has 14 heavy (non-hydrogen) atoms. The molecule has 0 aliphatic heterocycles. The summed E-state index contributed by atoms with van der Waals surface area (Å²) in [5, 5.41) is 14.1. The number of azide groups is 1. The van der Waals surface area contributed by atoms with Crippen LogP contribution >= 0.6 is 11.6 Å². The number of aryl methyl sites for hydroxylation is 1. The molecule has 0 aromatic heterocycles. The maximum Gasteiger partial charge on any atom is 0.280 e. The highest BCUT2D eigenvalue weighted by atomic mass is 35.5. The van der Waals surface area contributed by atoms with Gasteiger partial charge in [-0.05, 0) is 24.1 Å². The lowest BCUT2D eigenvalue weighted by molar-refractivity contribution is -0.384. The highest BCUT2D eigenvalue weighted by Gasteiger charge is 2.15. The van der Waals surface area contributed by atoms with E-state index < -0.39 is 4.92 Å². The zero-order valence-electron chi connectivity index (χ0n) is 7.14. The summed E-state index contributed by atoms with van der Waals surface area (Å²) in [6.07, 6.45) is 0. The van der Waals surface area contributed by atoms with Crippen LogP contribution in [0.5, 0.6) is 0 Å². The summed E-state index contributed by atoms with van der Waals surface area (Å²) in [6, 6.07) is 2.65. The third-order valence-corrected chi connectivity index (χ3v) is 1.80. The van der Waals surface area contributed by atoms with E-state index in [2.05, 4.69) is 10.0 Å². The van der Waals surface area contributed by atoms with Gasteiger partial charge in [-0.15, -0.1) is 0 Å². The molecule has 0 N–H and O–H groups in total. The zero-order chi connectivity index (χ0) is 10.7. The lowest BCUT2D eigenvalue weighted by Crippen LogP contribution is -1.90. The summed E-state index contributed by atoms with van der Waals surface area (Å²) >= 11 is 5.63. The molecule has 0 aliphatic rings. The summed E-state index contributed by atoms with van der Waals surface area (Å²) in [5.41, 5.74) is 8.41. The maximum absolute atomic E-state index is 10.6. The second-order valence-electron chi connectivity index (χ2n) is 2.54. The molecule has 0 spiro atoms. The molecule has 0 aliphatic carbocycles. The Labute approximate surface area is 83.9 Å². The number of rotatable bonds is 2. The highest BCUT2D eigenvalue weighted by molar-refractivity contribution is 6.31. The number of hydrogen-bond donors (Lipinski definition) is 0. The molecule has 0 amide bonds. The van der Waals surface area contributed by atoms with Gasteiger partial charge in [0.1, 0.15) is 5.69 Å². The Kier molecular flexibility index (Phi) is 2.91. The molecular weight excluding hydrogens is 208 g/mol. The summed E-state index contributed by atoms with van der Waals surface area (Å²) < 4.78 is 0. The third-order valence-electron chi connectivity index (χ3n) is 1.59. The van der Waals surface area contributed by atoms with Crippen molar-refractivity contribution in [2.24, 2.45) is 5.11 Å². The number of nitrogens with zero attached hydrogens (tertiary/aromatic N) is 4. The first-order valence-corrected chi connectivity index (χ1v) is 3.93. The predicted octanol–water partition coefficient (Wildman–Crippen LogP) is 3.50. The lowest BCUT2D eigenvalue weighted by Gasteiger charge is -2.00. The van der Waals surface area contributed by atoms with Crippen LogP contribution in [0.15, 0.2) is 17.2 Å². The van der Waals surface area contributed by atoms with Gasteiger partial charge in [0.15, 0.2) is 0 Å². The summed E-state index contributed by atoms with van der Waals surface area (Å²) in [7, 11) is 0. The Bertz CT molecular complexity index is 440. The Hall–Kier alpha value is -1.78. The Morgan fingerprint density at radius 2 is 2.29 bits per heavy atom. The van der Waals surface area contributed by atoms with E-state index in [1.165, 1.54) is 6.07 Å². The van der Waals surface area contributed by atoms with Crippen molar-refractivity contribution in [3.63, 3.8) is 0 Å². The monoisotopic (exact) mass is 212 g/mol. The first-order chi connectivity index (χ1) is 6.56. The minimum absolute atomic E-state index is 0.00176. The smallest absolute Gasteiger partial charge is 0.258 e. The molecule has 72 valence electrons. The number of nitro groups is 1. The van der Waals surface area contributed by atoms with Gasteiger partial charge < -0.3 is 0 Å². The number of nitro benzene ring substituents is 1. The van der Waals surface area contributed by atoms with Crippen LogP contribution in [-0.4, -0.2) is 4.92 Å². The van der Waals surface area contributed by atoms with E-state index >= 15 is 0 Å². The van der Waals surface area contributed by atoms with E-state index in [9.17, 15) is 10.1 Å². The van der Waals surface area contributed by atoms with Crippen LogP contribution in [0.25, 0.3) is 10.4 Å². The van der Waals surface area contributed by atoms with Crippen LogP contribution in [0.3, 0.4) is 0 Å². The molecule has 1 rings (SSSR count). The van der Waals surface area contributed by atoms with Crippen molar-refractivity contribution in [2.75, 3.05) is 0 Å². The van der Waals surface area contributed by atoms with E-state index in [0.717, 1.165) is 6.07 Å². The fraction of sp³-hybridized carbons (Fsp3) is 0.143. The molecule has 6 nitrogen and oxygen atoms in total. The second kappa shape index (κ2) is 3.95. The minimum atomic E-state index is -0.636. The molecule has 0 unspecified atom stereocenters. The van der Waals surface area contributed by atoms with Crippen molar-refractivity contribution < 1.29 is 4.92 Å². The van der Waals surface area contributed by atoms with Crippen LogP contribution in [0.1, 0.15) is 5.56 Å². The van der Waals surface area contributed by atoms with Crippen molar-refractivity contribution in [3.05, 3.63) is 43.3 Å². The lowest BCUT2D eigenvalue weighted by atomic mass is 10.2. The summed E-state index contributed by atoms with van der Waals surface area (Å²) in [6.45, 7) is 1.59. The second-order valence-corrected chi connectivity index (χ2v) is 2.97. The fourth-order valence-corrected chi connectivity index (χ4v) is 1.30. The normalized spacial score (nSPS) is 9.29. The van der Waals surface area contributed by atoms with E-state index in [0.29, 0.717) is 5.56 Å². The molecule has 0 fully saturated rings. The quantitative estimate of drug-likeness (QED) is 0.247. The molecular formula is C7H5ClN4O2. The standard InChI is InChI=1S/C7H5ClN4O2/c1-4-2-5(8)3-6(12(13)14)7(4)10-11-9/h2-3H,1H3. The average molecular weight is 213 g/mol. The molecule has 0 atom stereocenters. The average Bonchev–Trinajstić information content (AvgIpc) is 2.09. The fourth-order valence-electron chi connectivity index (χ4n) is 1.03. The highest BCUT2D eigenvalue weighted by Crippen LogP contribution is 2.34. The van der Waals surface area contributed by atoms with Gasteiger partial charge in [-0.1, -0.05) is 16.7 Å². The topological polar surface area (TPSA) is 91.9 Å². The van der Waals surface area contributed by atoms with Crippen molar-refractivity contribution in [1.82, 2.24) is 0 Å². The van der Waals surface area contributed by atoms with Crippen molar-refractivity contribution in [3.8, 4) is 0 Å². The Balaban J connectivity index is 3.51. The molecule has 0 radical (unpaired) electrons. The number of halogens is 1. The van der Waals surface area contributed by atoms with Crippen LogP contribution in [0.2, 0.25) is 5.02 Å². The van der Waals surface area contributed by atoms with Gasteiger partial charge >= 0.3 is 0 Å². The summed E-state index contributed by atoms with van der Waals surface area (Å²) in [5.74, 6) is 0. The van der Waals surface area contributed by atoms with Crippen molar-refractivity contribution in [2.45, 2.75) is 6.92 Å². The van der Waals surface area contributed by atoms with Crippen LogP contribution < -0.4 is 0 Å². The summed E-state index contributed by atoms with van der Waals surface area (Å²) in [4.78, 5) is 12.4. The first kappa shape index (κ1) is 10.3. The van der Waals surface area contributed by atoms with E-state index in [1.807, 2.05) is 0 Å². The van der Waals surface area contributed by atoms with E-state index in [4.69, 9.17) is 17.1 Å². The van der Waals surface area contributed by atoms with Crippen LogP contribution in [-0.2, 0) is 0 Å². The Morgan fingerprint density at radius 3 is 2.79 bits per heavy atom. The van der Waals surface area contributed by atoms with Gasteiger partial charge in [0.2, 0.25) is 0 Å². The Morgan fingerprint density at radius 1 is 1.64 bits per heavy atom. The first-order valence-electron chi connectivity index (χ1n) is 3.56. The predicted molar refractivity (Wildman–Crippen MR) is 51.6 cm³/mol. The van der Waals surface area contributed by atoms with Gasteiger partial charge in [0.05, 0.1) is 4.92 Å². The van der Waals surface area contributed by atoms with Gasteiger partial charge in [0, 0.05) is 16.0 Å². The van der Waals surface area contributed by atoms with Gasteiger partial charge in [-0.2, -0.15) is 0 Å². The number of benzene rings is 1. The molecule has 0 saturated heterocycles. The largest absolute Gasteiger partial charge is 0.280 e. The molecule has 1 aromatic carbocycles. The van der Waals surface area contributed by atoms with Crippen molar-refractivity contribution in [1.29, 1.82) is 0 Å². The molecule has 0 heterocycles. The zero-order valence-corrected chi connectivity index (χ0v) is 7.89. The van der Waals surface area contributed by atoms with Gasteiger partial charge in [-0.3, -0.25) is 10.1 Å². The van der Waals surface area contributed by atoms with Crippen LogP contribution in [0, 0.1) is 17.0 Å². The van der Waals surface area contributed by atoms with E-state index in [1.54, 1.807) is 6.92 Å². The number of hydrogen-bond acceptors (Lipinski definition) is 3. The van der Waals surface area contributed by atoms with Gasteiger partial charge in [0.25, 0.3) is 5.69 Å². The molecule has 7 heteroatoms. The molecule has 0 saturated carbocycles.